The zero-order chi connectivity index (χ0) is 23.7. The average molecular weight is 451 g/mol. The maximum atomic E-state index is 13.4. The van der Waals surface area contributed by atoms with Crippen LogP contribution in [0.15, 0.2) is 61.4 Å². The Balaban J connectivity index is 1.38. The fraction of sp³-hybridized carbons (Fsp3) is 0.231. The van der Waals surface area contributed by atoms with E-state index < -0.39 is 5.54 Å². The molecule has 0 atom stereocenters. The van der Waals surface area contributed by atoms with Gasteiger partial charge in [-0.1, -0.05) is 12.1 Å². The van der Waals surface area contributed by atoms with Crippen LogP contribution in [0, 0.1) is 11.3 Å². The Kier molecular flexibility index (Phi) is 5.48. The Bertz CT molecular complexity index is 1450. The van der Waals surface area contributed by atoms with Gasteiger partial charge in [-0.3, -0.25) is 14.6 Å². The molecule has 1 saturated carbocycles. The Morgan fingerprint density at radius 2 is 1.82 bits per heavy atom. The summed E-state index contributed by atoms with van der Waals surface area (Å²) in [7, 11) is 0. The highest BCUT2D eigenvalue weighted by atomic mass is 16.3. The van der Waals surface area contributed by atoms with E-state index in [0.29, 0.717) is 33.3 Å². The van der Waals surface area contributed by atoms with E-state index in [9.17, 15) is 14.7 Å². The number of Topliss-reactive ketones (excluding diaryl/α,β-unsaturated/α-hetero) is 1. The lowest BCUT2D eigenvalue weighted by Gasteiger charge is -2.14. The van der Waals surface area contributed by atoms with Crippen LogP contribution in [0.5, 0.6) is 0 Å². The van der Waals surface area contributed by atoms with Gasteiger partial charge in [-0.05, 0) is 42.2 Å². The maximum Gasteiger partial charge on any atom is 0.196 e. The SMILES string of the molecule is N#Cc1ccc(CC(=O)Cc2cncc(C(=O)c3cn(C4(CO)CC4)c4ncncc34)c2)cc1. The molecule has 1 N–H and O–H groups in total. The van der Waals surface area contributed by atoms with Gasteiger partial charge in [-0.2, -0.15) is 5.26 Å². The van der Waals surface area contributed by atoms with Crippen molar-refractivity contribution in [2.75, 3.05) is 6.61 Å². The molecule has 1 aliphatic carbocycles. The molecule has 0 aliphatic heterocycles. The topological polar surface area (TPSA) is 122 Å². The number of aromatic nitrogens is 4. The number of aliphatic hydroxyl groups excluding tert-OH is 1. The van der Waals surface area contributed by atoms with Crippen LogP contribution in [0.1, 0.15) is 45.5 Å². The summed E-state index contributed by atoms with van der Waals surface area (Å²) in [5.41, 5.74) is 3.05. The number of nitriles is 1. The second-order valence-electron chi connectivity index (χ2n) is 8.67. The van der Waals surface area contributed by atoms with Gasteiger partial charge in [-0.25, -0.2) is 9.97 Å². The monoisotopic (exact) mass is 451 g/mol. The first-order chi connectivity index (χ1) is 16.5. The van der Waals surface area contributed by atoms with Gasteiger partial charge in [0.05, 0.1) is 29.3 Å². The van der Waals surface area contributed by atoms with Gasteiger partial charge in [0.1, 0.15) is 17.8 Å². The molecule has 1 aromatic carbocycles. The van der Waals surface area contributed by atoms with Crippen LogP contribution in [0.25, 0.3) is 11.0 Å². The van der Waals surface area contributed by atoms with Gasteiger partial charge in [-0.15, -0.1) is 0 Å². The summed E-state index contributed by atoms with van der Waals surface area (Å²) in [6, 6.07) is 10.7. The van der Waals surface area contributed by atoms with Crippen molar-refractivity contribution in [3.63, 3.8) is 0 Å². The lowest BCUT2D eigenvalue weighted by molar-refractivity contribution is -0.117. The highest BCUT2D eigenvalue weighted by Gasteiger charge is 2.45. The summed E-state index contributed by atoms with van der Waals surface area (Å²) in [5, 5.41) is 19.4. The van der Waals surface area contributed by atoms with Gasteiger partial charge in [0, 0.05) is 48.6 Å². The van der Waals surface area contributed by atoms with Crippen LogP contribution in [0.2, 0.25) is 0 Å². The van der Waals surface area contributed by atoms with E-state index in [2.05, 4.69) is 21.0 Å². The molecule has 0 unspecified atom stereocenters. The summed E-state index contributed by atoms with van der Waals surface area (Å²) in [5.74, 6) is -0.249. The highest BCUT2D eigenvalue weighted by molar-refractivity contribution is 6.16. The van der Waals surface area contributed by atoms with Crippen molar-refractivity contribution in [2.24, 2.45) is 0 Å². The molecule has 3 heterocycles. The smallest absolute Gasteiger partial charge is 0.196 e. The molecule has 5 rings (SSSR count). The Labute approximate surface area is 195 Å². The molecule has 0 amide bonds. The molecular formula is C26H21N5O3. The van der Waals surface area contributed by atoms with Crippen molar-refractivity contribution >= 4 is 22.6 Å². The molecule has 0 radical (unpaired) electrons. The van der Waals surface area contributed by atoms with Gasteiger partial charge in [0.25, 0.3) is 0 Å². The molecule has 34 heavy (non-hydrogen) atoms. The number of ketones is 2. The fourth-order valence-corrected chi connectivity index (χ4v) is 4.21. The van der Waals surface area contributed by atoms with Gasteiger partial charge < -0.3 is 9.67 Å². The molecular weight excluding hydrogens is 430 g/mol. The fourth-order valence-electron chi connectivity index (χ4n) is 4.21. The molecule has 1 fully saturated rings. The average Bonchev–Trinajstić information content (AvgIpc) is 3.57. The number of carbonyl (C=O) groups excluding carboxylic acids is 2. The molecule has 0 spiro atoms. The Morgan fingerprint density at radius 3 is 2.53 bits per heavy atom. The maximum absolute atomic E-state index is 13.4. The molecule has 8 heteroatoms. The summed E-state index contributed by atoms with van der Waals surface area (Å²) in [6.45, 7) is -0.0210. The van der Waals surface area contributed by atoms with Crippen LogP contribution in [-0.4, -0.2) is 42.8 Å². The number of fused-ring (bicyclic) bond motifs is 1. The molecule has 3 aromatic heterocycles. The molecule has 0 bridgehead atoms. The number of benzene rings is 1. The summed E-state index contributed by atoms with van der Waals surface area (Å²) in [6.07, 6.45) is 9.89. The number of nitrogens with zero attached hydrogens (tertiary/aromatic N) is 5. The van der Waals surface area contributed by atoms with Crippen LogP contribution in [0.3, 0.4) is 0 Å². The van der Waals surface area contributed by atoms with E-state index in [1.807, 2.05) is 4.57 Å². The first-order valence-electron chi connectivity index (χ1n) is 10.9. The second-order valence-corrected chi connectivity index (χ2v) is 8.67. The van der Waals surface area contributed by atoms with Crippen LogP contribution in [0.4, 0.5) is 0 Å². The number of rotatable bonds is 8. The van der Waals surface area contributed by atoms with E-state index in [1.165, 1.54) is 12.5 Å². The van der Waals surface area contributed by atoms with E-state index in [1.54, 1.807) is 48.9 Å². The predicted octanol–water partition coefficient (Wildman–Crippen LogP) is 2.76. The minimum atomic E-state index is -0.414. The third-order valence-electron chi connectivity index (χ3n) is 6.29. The van der Waals surface area contributed by atoms with E-state index >= 15 is 0 Å². The first kappa shape index (κ1) is 21.6. The van der Waals surface area contributed by atoms with E-state index in [4.69, 9.17) is 5.26 Å². The second kappa shape index (κ2) is 8.61. The molecule has 4 aromatic rings. The lowest BCUT2D eigenvalue weighted by Crippen LogP contribution is -2.21. The van der Waals surface area contributed by atoms with Gasteiger partial charge in [0.15, 0.2) is 5.78 Å². The van der Waals surface area contributed by atoms with Crippen molar-refractivity contribution < 1.29 is 14.7 Å². The zero-order valence-electron chi connectivity index (χ0n) is 18.3. The standard InChI is InChI=1S/C26H21N5O3/c27-10-18-3-1-17(2-4-18)8-21(33)9-19-7-20(12-28-11-19)24(34)23-14-31(26(15-32)5-6-26)25-22(23)13-29-16-30-25/h1-4,7,11-14,16,32H,5-6,8-9,15H2. The lowest BCUT2D eigenvalue weighted by atomic mass is 10.00. The first-order valence-corrected chi connectivity index (χ1v) is 10.9. The summed E-state index contributed by atoms with van der Waals surface area (Å²) >= 11 is 0. The molecule has 0 saturated heterocycles. The summed E-state index contributed by atoms with van der Waals surface area (Å²) in [4.78, 5) is 38.6. The number of hydrogen-bond acceptors (Lipinski definition) is 7. The third-order valence-corrected chi connectivity index (χ3v) is 6.29. The van der Waals surface area contributed by atoms with E-state index in [-0.39, 0.29) is 31.0 Å². The summed E-state index contributed by atoms with van der Waals surface area (Å²) < 4.78 is 1.88. The van der Waals surface area contributed by atoms with Crippen LogP contribution >= 0.6 is 0 Å². The van der Waals surface area contributed by atoms with Crippen molar-refractivity contribution in [2.45, 2.75) is 31.2 Å². The minimum absolute atomic E-state index is 0.0141. The quantitative estimate of drug-likeness (QED) is 0.409. The molecule has 8 nitrogen and oxygen atoms in total. The predicted molar refractivity (Wildman–Crippen MR) is 123 cm³/mol. The van der Waals surface area contributed by atoms with Crippen molar-refractivity contribution in [3.8, 4) is 6.07 Å². The van der Waals surface area contributed by atoms with Gasteiger partial charge in [0.2, 0.25) is 0 Å². The van der Waals surface area contributed by atoms with Crippen molar-refractivity contribution in [3.05, 3.63) is 89.3 Å². The Morgan fingerprint density at radius 1 is 1.06 bits per heavy atom. The van der Waals surface area contributed by atoms with Crippen LogP contribution in [-0.2, 0) is 23.2 Å². The zero-order valence-corrected chi connectivity index (χ0v) is 18.3. The number of pyridine rings is 1. The van der Waals surface area contributed by atoms with Crippen LogP contribution < -0.4 is 0 Å². The molecule has 168 valence electrons. The normalized spacial score (nSPS) is 14.0. The largest absolute Gasteiger partial charge is 0.394 e. The van der Waals surface area contributed by atoms with Crippen molar-refractivity contribution in [1.82, 2.24) is 19.5 Å². The Hall–Kier alpha value is -4.22. The minimum Gasteiger partial charge on any atom is -0.394 e. The number of carbonyl (C=O) groups is 2. The number of aliphatic hydroxyl groups is 1. The third kappa shape index (κ3) is 3.98. The van der Waals surface area contributed by atoms with Gasteiger partial charge >= 0.3 is 0 Å². The van der Waals surface area contributed by atoms with E-state index in [0.717, 1.165) is 18.4 Å². The van der Waals surface area contributed by atoms with Crippen molar-refractivity contribution in [1.29, 1.82) is 5.26 Å². The molecule has 1 aliphatic rings. The number of hydrogen-bond donors (Lipinski definition) is 1. The highest BCUT2D eigenvalue weighted by Crippen LogP contribution is 2.45.